The van der Waals surface area contributed by atoms with Crippen molar-refractivity contribution in [1.82, 2.24) is 14.8 Å². The predicted molar refractivity (Wildman–Crippen MR) is 119 cm³/mol. The zero-order valence-corrected chi connectivity index (χ0v) is 17.6. The van der Waals surface area contributed by atoms with Gasteiger partial charge in [0.25, 0.3) is 5.91 Å². The van der Waals surface area contributed by atoms with Crippen molar-refractivity contribution < 1.29 is 4.79 Å². The first-order valence-corrected chi connectivity index (χ1v) is 9.96. The maximum absolute atomic E-state index is 12.9. The Morgan fingerprint density at radius 3 is 2.48 bits per heavy atom. The molecule has 2 heterocycles. The van der Waals surface area contributed by atoms with Crippen LogP contribution in [-0.4, -0.2) is 20.7 Å². The molecule has 0 saturated heterocycles. The number of pyridine rings is 1. The number of aromatic nitrogens is 3. The van der Waals surface area contributed by atoms with Crippen LogP contribution in [0.15, 0.2) is 48.5 Å². The van der Waals surface area contributed by atoms with Gasteiger partial charge in [0, 0.05) is 17.5 Å². The average molecular weight is 386 g/mol. The molecule has 148 valence electrons. The third-order valence-corrected chi connectivity index (χ3v) is 5.29. The second-order valence-corrected chi connectivity index (χ2v) is 8.45. The van der Waals surface area contributed by atoms with Gasteiger partial charge in [-0.25, -0.2) is 9.67 Å². The summed E-state index contributed by atoms with van der Waals surface area (Å²) in [5.74, 6) is 0.375. The maximum Gasteiger partial charge on any atom is 0.256 e. The van der Waals surface area contributed by atoms with E-state index in [9.17, 15) is 4.79 Å². The second kappa shape index (κ2) is 6.99. The van der Waals surface area contributed by atoms with Crippen molar-refractivity contribution in [3.05, 3.63) is 65.2 Å². The molecular weight excluding hydrogens is 360 g/mol. The van der Waals surface area contributed by atoms with E-state index < -0.39 is 0 Å². The molecule has 0 bridgehead atoms. The Balaban J connectivity index is 1.73. The van der Waals surface area contributed by atoms with Crippen LogP contribution in [0.2, 0.25) is 0 Å². The molecule has 4 rings (SSSR count). The molecule has 0 aliphatic heterocycles. The Hall–Kier alpha value is -3.21. The number of anilines is 1. The van der Waals surface area contributed by atoms with Gasteiger partial charge in [0.05, 0.1) is 10.9 Å². The van der Waals surface area contributed by atoms with Gasteiger partial charge in [0.2, 0.25) is 0 Å². The van der Waals surface area contributed by atoms with Gasteiger partial charge >= 0.3 is 0 Å². The van der Waals surface area contributed by atoms with E-state index in [2.05, 4.69) is 50.2 Å². The molecule has 0 unspecified atom stereocenters. The number of hydrogen-bond donors (Lipinski definition) is 1. The molecule has 29 heavy (non-hydrogen) atoms. The number of nitrogens with zero attached hydrogens (tertiary/aromatic N) is 3. The normalized spacial score (nSPS) is 11.9. The highest BCUT2D eigenvalue weighted by molar-refractivity contribution is 6.09. The molecule has 0 aliphatic carbocycles. The molecule has 5 nitrogen and oxygen atoms in total. The lowest BCUT2D eigenvalue weighted by Gasteiger charge is -2.18. The topological polar surface area (TPSA) is 59.8 Å². The van der Waals surface area contributed by atoms with Crippen LogP contribution >= 0.6 is 0 Å². The van der Waals surface area contributed by atoms with E-state index in [0.717, 1.165) is 27.5 Å². The minimum Gasteiger partial charge on any atom is -0.305 e. The quantitative estimate of drug-likeness (QED) is 0.508. The summed E-state index contributed by atoms with van der Waals surface area (Å²) in [6, 6.07) is 15.9. The minimum absolute atomic E-state index is 0.0516. The Morgan fingerprint density at radius 1 is 1.10 bits per heavy atom. The number of hydrogen-bond acceptors (Lipinski definition) is 3. The predicted octanol–water partition coefficient (Wildman–Crippen LogP) is 5.46. The smallest absolute Gasteiger partial charge is 0.256 e. The summed E-state index contributed by atoms with van der Waals surface area (Å²) in [5, 5.41) is 9.48. The number of carbonyl (C=O) groups excluding carboxylic acids is 1. The molecule has 0 aliphatic rings. The van der Waals surface area contributed by atoms with Gasteiger partial charge in [-0.05, 0) is 48.6 Å². The van der Waals surface area contributed by atoms with Crippen molar-refractivity contribution >= 4 is 33.7 Å². The zero-order chi connectivity index (χ0) is 20.8. The van der Waals surface area contributed by atoms with Crippen LogP contribution in [-0.2, 0) is 12.0 Å². The molecule has 0 saturated carbocycles. The first-order chi connectivity index (χ1) is 13.8. The Labute approximate surface area is 170 Å². The van der Waals surface area contributed by atoms with E-state index in [1.807, 2.05) is 48.0 Å². The zero-order valence-electron chi connectivity index (χ0n) is 17.6. The van der Waals surface area contributed by atoms with Crippen LogP contribution in [0.4, 0.5) is 5.82 Å². The number of carbonyl (C=O) groups is 1. The van der Waals surface area contributed by atoms with Crippen molar-refractivity contribution in [2.75, 3.05) is 5.32 Å². The second-order valence-electron chi connectivity index (χ2n) is 8.45. The van der Waals surface area contributed by atoms with Crippen molar-refractivity contribution in [3.8, 4) is 0 Å². The van der Waals surface area contributed by atoms with Crippen molar-refractivity contribution in [2.24, 2.45) is 0 Å². The summed E-state index contributed by atoms with van der Waals surface area (Å²) in [5.41, 5.74) is 4.73. The Morgan fingerprint density at radius 2 is 1.83 bits per heavy atom. The van der Waals surface area contributed by atoms with Gasteiger partial charge in [-0.15, -0.1) is 0 Å². The lowest BCUT2D eigenvalue weighted by Crippen LogP contribution is -2.15. The van der Waals surface area contributed by atoms with Gasteiger partial charge in [-0.1, -0.05) is 51.1 Å². The van der Waals surface area contributed by atoms with E-state index in [0.29, 0.717) is 17.9 Å². The van der Waals surface area contributed by atoms with Crippen molar-refractivity contribution in [1.29, 1.82) is 0 Å². The van der Waals surface area contributed by atoms with Gasteiger partial charge in [-0.3, -0.25) is 4.79 Å². The number of fused-ring (bicyclic) bond motifs is 2. The van der Waals surface area contributed by atoms with Crippen LogP contribution in [0.5, 0.6) is 0 Å². The van der Waals surface area contributed by atoms with Crippen LogP contribution in [0.25, 0.3) is 21.9 Å². The highest BCUT2D eigenvalue weighted by atomic mass is 16.1. The van der Waals surface area contributed by atoms with Crippen molar-refractivity contribution in [2.45, 2.75) is 46.6 Å². The summed E-state index contributed by atoms with van der Waals surface area (Å²) in [4.78, 5) is 17.7. The highest BCUT2D eigenvalue weighted by Crippen LogP contribution is 2.28. The van der Waals surface area contributed by atoms with Gasteiger partial charge in [-0.2, -0.15) is 5.10 Å². The van der Waals surface area contributed by atoms with Gasteiger partial charge in [0.1, 0.15) is 0 Å². The molecule has 0 radical (unpaired) electrons. The number of para-hydroxylation sites is 1. The molecular formula is C24H26N4O. The van der Waals surface area contributed by atoms with Crippen LogP contribution in [0.3, 0.4) is 0 Å². The first-order valence-electron chi connectivity index (χ1n) is 9.96. The molecule has 2 aromatic heterocycles. The molecule has 1 amide bonds. The fourth-order valence-corrected chi connectivity index (χ4v) is 3.54. The summed E-state index contributed by atoms with van der Waals surface area (Å²) in [6.45, 7) is 11.2. The lowest BCUT2D eigenvalue weighted by molar-refractivity contribution is 0.102. The highest BCUT2D eigenvalue weighted by Gasteiger charge is 2.18. The molecule has 0 fully saturated rings. The molecule has 0 spiro atoms. The summed E-state index contributed by atoms with van der Waals surface area (Å²) >= 11 is 0. The van der Waals surface area contributed by atoms with E-state index in [-0.39, 0.29) is 11.3 Å². The third kappa shape index (κ3) is 3.48. The van der Waals surface area contributed by atoms with Crippen molar-refractivity contribution in [3.63, 3.8) is 0 Å². The Bertz CT molecular complexity index is 1210. The standard InChI is InChI=1S/C24H26N4O/c1-6-28-22-19(14-17-9-7-8-15(2)20(17)25-22)21(27-28)26-23(29)16-10-12-18(13-11-16)24(3,4)5/h7-14H,6H2,1-5H3,(H,26,27,29). The van der Waals surface area contributed by atoms with Gasteiger partial charge in [0.15, 0.2) is 11.5 Å². The molecule has 4 aromatic rings. The molecule has 5 heteroatoms. The van der Waals surface area contributed by atoms with E-state index >= 15 is 0 Å². The molecule has 1 N–H and O–H groups in total. The fourth-order valence-electron chi connectivity index (χ4n) is 3.54. The number of aryl methyl sites for hydroxylation is 2. The van der Waals surface area contributed by atoms with Gasteiger partial charge < -0.3 is 5.32 Å². The van der Waals surface area contributed by atoms with Crippen LogP contribution < -0.4 is 5.32 Å². The number of rotatable bonds is 3. The molecule has 2 aromatic carbocycles. The summed E-state index contributed by atoms with van der Waals surface area (Å²) in [6.07, 6.45) is 0. The molecule has 0 atom stereocenters. The lowest BCUT2D eigenvalue weighted by atomic mass is 9.87. The fraction of sp³-hybridized carbons (Fsp3) is 0.292. The van der Waals surface area contributed by atoms with E-state index in [1.54, 1.807) is 0 Å². The van der Waals surface area contributed by atoms with E-state index in [1.165, 1.54) is 5.56 Å². The first kappa shape index (κ1) is 19.1. The largest absolute Gasteiger partial charge is 0.305 e. The number of amides is 1. The summed E-state index contributed by atoms with van der Waals surface area (Å²) in [7, 11) is 0. The number of nitrogens with one attached hydrogen (secondary N) is 1. The van der Waals surface area contributed by atoms with Crippen LogP contribution in [0.1, 0.15) is 49.2 Å². The van der Waals surface area contributed by atoms with Crippen LogP contribution in [0, 0.1) is 6.92 Å². The number of benzene rings is 2. The summed E-state index contributed by atoms with van der Waals surface area (Å²) < 4.78 is 1.83. The SMILES string of the molecule is CCn1nc(NC(=O)c2ccc(C(C)(C)C)cc2)c2cc3cccc(C)c3nc21. The average Bonchev–Trinajstić information content (AvgIpc) is 3.03. The Kier molecular flexibility index (Phi) is 4.61. The van der Waals surface area contributed by atoms with E-state index in [4.69, 9.17) is 4.98 Å². The monoisotopic (exact) mass is 386 g/mol. The minimum atomic E-state index is -0.169. The third-order valence-electron chi connectivity index (χ3n) is 5.29. The maximum atomic E-state index is 12.9.